The Morgan fingerprint density at radius 2 is 2.25 bits per heavy atom. The summed E-state index contributed by atoms with van der Waals surface area (Å²) in [5.41, 5.74) is -0.0181. The zero-order chi connectivity index (χ0) is 9.14. The maximum Gasteiger partial charge on any atom is 0.377 e. The fourth-order valence-corrected chi connectivity index (χ4v) is 1.14. The molecule has 0 saturated heterocycles. The van der Waals surface area contributed by atoms with Gasteiger partial charge in [0.1, 0.15) is 0 Å². The van der Waals surface area contributed by atoms with Gasteiger partial charge in [0, 0.05) is 5.03 Å². The Balaban J connectivity index is 2.88. The van der Waals surface area contributed by atoms with Crippen molar-refractivity contribution in [2.45, 2.75) is 12.8 Å². The Labute approximate surface area is 74.3 Å². The summed E-state index contributed by atoms with van der Waals surface area (Å²) in [7, 11) is 0. The molecule has 0 bridgehead atoms. The third-order valence-corrected chi connectivity index (χ3v) is 1.77. The van der Waals surface area contributed by atoms with Gasteiger partial charge < -0.3 is 5.11 Å². The molecule has 0 aliphatic heterocycles. The molecule has 0 amide bonds. The highest BCUT2D eigenvalue weighted by atomic mass is 35.5. The minimum atomic E-state index is -1.49. The summed E-state index contributed by atoms with van der Waals surface area (Å²) in [6.07, 6.45) is 5.51. The highest BCUT2D eigenvalue weighted by Crippen LogP contribution is 2.21. The summed E-state index contributed by atoms with van der Waals surface area (Å²) in [6.45, 7) is 0. The van der Waals surface area contributed by atoms with E-state index in [1.807, 2.05) is 0 Å². The molecule has 0 atom stereocenters. The van der Waals surface area contributed by atoms with Gasteiger partial charge in [-0.2, -0.15) is 0 Å². The molecule has 0 aromatic carbocycles. The molecule has 0 spiro atoms. The molecule has 0 fully saturated rings. The lowest BCUT2D eigenvalue weighted by Crippen LogP contribution is -2.16. The second kappa shape index (κ2) is 3.54. The summed E-state index contributed by atoms with van der Waals surface area (Å²) in [4.78, 5) is 21.1. The first-order valence-electron chi connectivity index (χ1n) is 3.37. The third-order valence-electron chi connectivity index (χ3n) is 1.43. The van der Waals surface area contributed by atoms with E-state index in [1.165, 1.54) is 0 Å². The average molecular weight is 186 g/mol. The van der Waals surface area contributed by atoms with Crippen LogP contribution in [0.25, 0.3) is 0 Å². The SMILES string of the molecule is O=C(O)C(=O)C1=[C]CCC=C1Cl. The van der Waals surface area contributed by atoms with Crippen molar-refractivity contribution in [2.24, 2.45) is 0 Å². The average Bonchev–Trinajstić information content (AvgIpc) is 2.04. The van der Waals surface area contributed by atoms with Crippen LogP contribution in [0.1, 0.15) is 12.8 Å². The molecule has 3 nitrogen and oxygen atoms in total. The largest absolute Gasteiger partial charge is 0.475 e. The van der Waals surface area contributed by atoms with Crippen molar-refractivity contribution in [3.05, 3.63) is 22.8 Å². The quantitative estimate of drug-likeness (QED) is 0.660. The number of aliphatic carboxylic acids is 1. The number of carboxylic acids is 1. The van der Waals surface area contributed by atoms with Crippen molar-refractivity contribution < 1.29 is 14.7 Å². The van der Waals surface area contributed by atoms with E-state index < -0.39 is 11.8 Å². The fourth-order valence-electron chi connectivity index (χ4n) is 0.878. The minimum absolute atomic E-state index is 0.0181. The number of Topliss-reactive ketones (excluding diaryl/α,β-unsaturated/α-hetero) is 1. The zero-order valence-corrected chi connectivity index (χ0v) is 6.89. The molecular formula is C8H6ClO3. The van der Waals surface area contributed by atoms with Crippen molar-refractivity contribution in [3.63, 3.8) is 0 Å². The lowest BCUT2D eigenvalue weighted by Gasteiger charge is -2.05. The van der Waals surface area contributed by atoms with Gasteiger partial charge in [0.2, 0.25) is 0 Å². The van der Waals surface area contributed by atoms with Gasteiger partial charge in [-0.3, -0.25) is 4.79 Å². The van der Waals surface area contributed by atoms with Crippen LogP contribution in [0.15, 0.2) is 16.7 Å². The third kappa shape index (κ3) is 1.74. The predicted molar refractivity (Wildman–Crippen MR) is 42.6 cm³/mol. The fraction of sp³-hybridized carbons (Fsp3) is 0.250. The van der Waals surface area contributed by atoms with Crippen molar-refractivity contribution >= 4 is 23.4 Å². The van der Waals surface area contributed by atoms with Crippen LogP contribution in [0.4, 0.5) is 0 Å². The standard InChI is InChI=1S/C8H6ClO3/c9-6-4-2-1-3-5(6)7(10)8(11)12/h4H,1-2H2,(H,11,12). The second-order valence-corrected chi connectivity index (χ2v) is 2.68. The van der Waals surface area contributed by atoms with Gasteiger partial charge in [0.25, 0.3) is 5.78 Å². The van der Waals surface area contributed by atoms with E-state index in [0.29, 0.717) is 12.8 Å². The molecule has 1 N–H and O–H groups in total. The van der Waals surface area contributed by atoms with Crippen LogP contribution in [0, 0.1) is 6.08 Å². The van der Waals surface area contributed by atoms with Crippen LogP contribution in [-0.4, -0.2) is 16.9 Å². The van der Waals surface area contributed by atoms with E-state index in [2.05, 4.69) is 6.08 Å². The van der Waals surface area contributed by atoms with Crippen LogP contribution < -0.4 is 0 Å². The lowest BCUT2D eigenvalue weighted by molar-refractivity contribution is -0.147. The van der Waals surface area contributed by atoms with Crippen LogP contribution >= 0.6 is 11.6 Å². The molecule has 1 aliphatic carbocycles. The number of allylic oxidation sites excluding steroid dienone is 3. The van der Waals surface area contributed by atoms with Crippen LogP contribution in [-0.2, 0) is 9.59 Å². The molecule has 1 rings (SSSR count). The number of halogens is 1. The lowest BCUT2D eigenvalue weighted by atomic mass is 10.0. The van der Waals surface area contributed by atoms with Gasteiger partial charge >= 0.3 is 5.97 Å². The molecule has 0 aromatic heterocycles. The molecule has 0 heterocycles. The van der Waals surface area contributed by atoms with Crippen molar-refractivity contribution in [2.75, 3.05) is 0 Å². The monoisotopic (exact) mass is 185 g/mol. The van der Waals surface area contributed by atoms with Crippen LogP contribution in [0.3, 0.4) is 0 Å². The molecular weight excluding hydrogens is 180 g/mol. The van der Waals surface area contributed by atoms with E-state index in [9.17, 15) is 9.59 Å². The first-order chi connectivity index (χ1) is 5.63. The van der Waals surface area contributed by atoms with Gasteiger partial charge in [0.15, 0.2) is 0 Å². The van der Waals surface area contributed by atoms with E-state index in [4.69, 9.17) is 16.7 Å². The maximum absolute atomic E-state index is 10.9. The van der Waals surface area contributed by atoms with Crippen LogP contribution in [0.5, 0.6) is 0 Å². The van der Waals surface area contributed by atoms with Crippen molar-refractivity contribution in [3.8, 4) is 0 Å². The normalized spacial score (nSPS) is 16.4. The summed E-state index contributed by atoms with van der Waals surface area (Å²) in [5.74, 6) is -2.48. The summed E-state index contributed by atoms with van der Waals surface area (Å²) >= 11 is 5.60. The Morgan fingerprint density at radius 1 is 1.58 bits per heavy atom. The Bertz CT molecular complexity index is 289. The van der Waals surface area contributed by atoms with Gasteiger partial charge in [-0.15, -0.1) is 0 Å². The molecule has 0 saturated carbocycles. The first kappa shape index (κ1) is 9.00. The van der Waals surface area contributed by atoms with Crippen molar-refractivity contribution in [1.29, 1.82) is 0 Å². The number of hydrogen-bond acceptors (Lipinski definition) is 2. The first-order valence-corrected chi connectivity index (χ1v) is 3.75. The molecule has 63 valence electrons. The van der Waals surface area contributed by atoms with E-state index in [0.717, 1.165) is 0 Å². The Hall–Kier alpha value is -1.09. The van der Waals surface area contributed by atoms with E-state index in [1.54, 1.807) is 6.08 Å². The molecule has 12 heavy (non-hydrogen) atoms. The summed E-state index contributed by atoms with van der Waals surface area (Å²) in [6, 6.07) is 0. The minimum Gasteiger partial charge on any atom is -0.475 e. The second-order valence-electron chi connectivity index (χ2n) is 2.28. The van der Waals surface area contributed by atoms with Gasteiger partial charge in [-0.25, -0.2) is 4.79 Å². The smallest absolute Gasteiger partial charge is 0.377 e. The molecule has 4 heteroatoms. The predicted octanol–water partition coefficient (Wildman–Crippen LogP) is 1.29. The molecule has 0 unspecified atom stereocenters. The summed E-state index contributed by atoms with van der Waals surface area (Å²) < 4.78 is 0. The van der Waals surface area contributed by atoms with E-state index >= 15 is 0 Å². The number of carbonyl (C=O) groups is 2. The molecule has 1 aliphatic rings. The number of ketones is 1. The Morgan fingerprint density at radius 3 is 2.75 bits per heavy atom. The zero-order valence-electron chi connectivity index (χ0n) is 6.13. The topological polar surface area (TPSA) is 54.4 Å². The number of carbonyl (C=O) groups excluding carboxylic acids is 1. The molecule has 1 radical (unpaired) electrons. The number of hydrogen-bond donors (Lipinski definition) is 1. The summed E-state index contributed by atoms with van der Waals surface area (Å²) in [5, 5.41) is 8.54. The highest BCUT2D eigenvalue weighted by Gasteiger charge is 2.21. The van der Waals surface area contributed by atoms with Gasteiger partial charge in [-0.1, -0.05) is 17.7 Å². The van der Waals surface area contributed by atoms with Gasteiger partial charge in [0.05, 0.1) is 5.57 Å². The van der Waals surface area contributed by atoms with Crippen molar-refractivity contribution in [1.82, 2.24) is 0 Å². The number of carboxylic acid groups (broad SMARTS) is 1. The highest BCUT2D eigenvalue weighted by molar-refractivity contribution is 6.46. The Kier molecular flexibility index (Phi) is 2.65. The maximum atomic E-state index is 10.9. The molecule has 0 aromatic rings. The van der Waals surface area contributed by atoms with Crippen LogP contribution in [0.2, 0.25) is 0 Å². The van der Waals surface area contributed by atoms with Gasteiger partial charge in [-0.05, 0) is 18.9 Å². The van der Waals surface area contributed by atoms with E-state index in [-0.39, 0.29) is 10.6 Å². The number of rotatable bonds is 2.